The van der Waals surface area contributed by atoms with Gasteiger partial charge < -0.3 is 9.80 Å². The lowest BCUT2D eigenvalue weighted by molar-refractivity contribution is -0.140. The number of aromatic nitrogens is 3. The minimum atomic E-state index is -0.554. The Kier molecular flexibility index (Phi) is 6.87. The molecular formula is C26H31N5O2. The van der Waals surface area contributed by atoms with E-state index in [1.165, 1.54) is 0 Å². The normalized spacial score (nSPS) is 16.5. The quantitative estimate of drug-likeness (QED) is 0.598. The first-order chi connectivity index (χ1) is 16.0. The van der Waals surface area contributed by atoms with Crippen molar-refractivity contribution in [2.24, 2.45) is 0 Å². The number of pyridine rings is 1. The van der Waals surface area contributed by atoms with Gasteiger partial charge in [-0.2, -0.15) is 5.10 Å². The van der Waals surface area contributed by atoms with Gasteiger partial charge in [0.05, 0.1) is 0 Å². The van der Waals surface area contributed by atoms with Crippen LogP contribution >= 0.6 is 0 Å². The number of hydrogen-bond donors (Lipinski definition) is 1. The van der Waals surface area contributed by atoms with Crippen LogP contribution in [0.3, 0.4) is 0 Å². The molecule has 0 spiro atoms. The lowest BCUT2D eigenvalue weighted by Crippen LogP contribution is -2.59. The van der Waals surface area contributed by atoms with Crippen LogP contribution < -0.4 is 0 Å². The summed E-state index contributed by atoms with van der Waals surface area (Å²) in [6.07, 6.45) is 4.92. The van der Waals surface area contributed by atoms with E-state index in [4.69, 9.17) is 0 Å². The molecule has 33 heavy (non-hydrogen) atoms. The Morgan fingerprint density at radius 1 is 1.15 bits per heavy atom. The van der Waals surface area contributed by atoms with E-state index in [-0.39, 0.29) is 17.7 Å². The fourth-order valence-corrected chi connectivity index (χ4v) is 4.29. The van der Waals surface area contributed by atoms with Crippen LogP contribution in [0.2, 0.25) is 0 Å². The Morgan fingerprint density at radius 3 is 2.67 bits per heavy atom. The van der Waals surface area contributed by atoms with Gasteiger partial charge in [0.15, 0.2) is 0 Å². The van der Waals surface area contributed by atoms with Gasteiger partial charge in [-0.1, -0.05) is 51.1 Å². The van der Waals surface area contributed by atoms with E-state index in [0.29, 0.717) is 31.7 Å². The van der Waals surface area contributed by atoms with Crippen molar-refractivity contribution in [1.29, 1.82) is 0 Å². The molecule has 1 aromatic carbocycles. The summed E-state index contributed by atoms with van der Waals surface area (Å²) in [6, 6.07) is 13.3. The highest BCUT2D eigenvalue weighted by Crippen LogP contribution is 2.24. The maximum Gasteiger partial charge on any atom is 0.275 e. The maximum atomic E-state index is 13.4. The molecule has 1 aliphatic heterocycles. The van der Waals surface area contributed by atoms with Gasteiger partial charge in [0, 0.05) is 44.1 Å². The van der Waals surface area contributed by atoms with E-state index >= 15 is 0 Å². The van der Waals surface area contributed by atoms with Gasteiger partial charge in [-0.25, -0.2) is 0 Å². The zero-order chi connectivity index (χ0) is 23.4. The van der Waals surface area contributed by atoms with Crippen LogP contribution in [0.15, 0.2) is 54.9 Å². The van der Waals surface area contributed by atoms with Crippen molar-refractivity contribution in [3.05, 3.63) is 71.8 Å². The van der Waals surface area contributed by atoms with Crippen LogP contribution in [0, 0.1) is 0 Å². The third-order valence-electron chi connectivity index (χ3n) is 6.13. The standard InChI is InChI=1S/C26H31N5O2/c1-4-11-30-12-13-31(25(32)23-16-22(18(2)3)28-29-23)24(26(30)33)15-19-7-5-8-20(14-19)21-9-6-10-27-17-21/h5-10,14,16-18,24H,4,11-13,15H2,1-3H3,(H,28,29). The molecule has 1 fully saturated rings. The number of nitrogens with zero attached hydrogens (tertiary/aromatic N) is 4. The second kappa shape index (κ2) is 9.98. The second-order valence-electron chi connectivity index (χ2n) is 8.85. The Morgan fingerprint density at radius 2 is 1.97 bits per heavy atom. The highest BCUT2D eigenvalue weighted by atomic mass is 16.2. The molecule has 4 rings (SSSR count). The summed E-state index contributed by atoms with van der Waals surface area (Å²) in [7, 11) is 0. The summed E-state index contributed by atoms with van der Waals surface area (Å²) >= 11 is 0. The van der Waals surface area contributed by atoms with Crippen molar-refractivity contribution in [1.82, 2.24) is 25.0 Å². The highest BCUT2D eigenvalue weighted by molar-refractivity contribution is 5.97. The first-order valence-corrected chi connectivity index (χ1v) is 11.6. The molecule has 0 bridgehead atoms. The Hall–Kier alpha value is -3.48. The van der Waals surface area contributed by atoms with E-state index in [0.717, 1.165) is 28.8 Å². The smallest absolute Gasteiger partial charge is 0.275 e. The molecule has 7 nitrogen and oxygen atoms in total. The van der Waals surface area contributed by atoms with Gasteiger partial charge in [0.2, 0.25) is 5.91 Å². The fourth-order valence-electron chi connectivity index (χ4n) is 4.29. The van der Waals surface area contributed by atoms with Crippen molar-refractivity contribution in [3.8, 4) is 11.1 Å². The monoisotopic (exact) mass is 445 g/mol. The molecule has 1 unspecified atom stereocenters. The molecule has 7 heteroatoms. The third kappa shape index (κ3) is 4.97. The molecule has 1 aliphatic rings. The van der Waals surface area contributed by atoms with Crippen LogP contribution in [-0.4, -0.2) is 62.5 Å². The average Bonchev–Trinajstić information content (AvgIpc) is 3.33. The van der Waals surface area contributed by atoms with Crippen LogP contribution in [-0.2, 0) is 11.2 Å². The van der Waals surface area contributed by atoms with E-state index in [1.807, 2.05) is 55.3 Å². The van der Waals surface area contributed by atoms with Gasteiger partial charge in [-0.05, 0) is 41.2 Å². The topological polar surface area (TPSA) is 82.2 Å². The zero-order valence-electron chi connectivity index (χ0n) is 19.5. The van der Waals surface area contributed by atoms with E-state index in [9.17, 15) is 9.59 Å². The zero-order valence-corrected chi connectivity index (χ0v) is 19.5. The minimum absolute atomic E-state index is 0.00264. The first kappa shape index (κ1) is 22.7. The molecular weight excluding hydrogens is 414 g/mol. The summed E-state index contributed by atoms with van der Waals surface area (Å²) in [5.74, 6) is 0.0482. The molecule has 0 saturated carbocycles. The summed E-state index contributed by atoms with van der Waals surface area (Å²) in [5, 5.41) is 7.20. The minimum Gasteiger partial charge on any atom is -0.339 e. The molecule has 2 aromatic heterocycles. The van der Waals surface area contributed by atoms with E-state index in [2.05, 4.69) is 28.2 Å². The van der Waals surface area contributed by atoms with Gasteiger partial charge in [0.1, 0.15) is 11.7 Å². The third-order valence-corrected chi connectivity index (χ3v) is 6.13. The Balaban J connectivity index is 1.62. The molecule has 3 aromatic rings. The number of piperazine rings is 1. The lowest BCUT2D eigenvalue weighted by atomic mass is 9.97. The SMILES string of the molecule is CCCN1CCN(C(=O)c2cc(C(C)C)[nH]n2)C(Cc2cccc(-c3cccnc3)c2)C1=O. The molecule has 2 amide bonds. The number of nitrogens with one attached hydrogen (secondary N) is 1. The lowest BCUT2D eigenvalue weighted by Gasteiger charge is -2.40. The number of hydrogen-bond acceptors (Lipinski definition) is 4. The molecule has 0 aliphatic carbocycles. The fraction of sp³-hybridized carbons (Fsp3) is 0.385. The van der Waals surface area contributed by atoms with Crippen LogP contribution in [0.25, 0.3) is 11.1 Å². The second-order valence-corrected chi connectivity index (χ2v) is 8.85. The number of benzene rings is 1. The summed E-state index contributed by atoms with van der Waals surface area (Å²) in [5.41, 5.74) is 4.35. The van der Waals surface area contributed by atoms with Crippen molar-refractivity contribution in [2.45, 2.75) is 45.6 Å². The molecule has 0 radical (unpaired) electrons. The summed E-state index contributed by atoms with van der Waals surface area (Å²) in [6.45, 7) is 7.91. The number of carbonyl (C=O) groups excluding carboxylic acids is 2. The number of aromatic amines is 1. The maximum absolute atomic E-state index is 13.4. The molecule has 1 N–H and O–H groups in total. The number of amides is 2. The van der Waals surface area contributed by atoms with Gasteiger partial charge in [0.25, 0.3) is 5.91 Å². The largest absolute Gasteiger partial charge is 0.339 e. The number of H-pyrrole nitrogens is 1. The van der Waals surface area contributed by atoms with Crippen molar-refractivity contribution in [3.63, 3.8) is 0 Å². The Bertz CT molecular complexity index is 1110. The van der Waals surface area contributed by atoms with Gasteiger partial charge in [-0.3, -0.25) is 19.7 Å². The number of carbonyl (C=O) groups is 2. The van der Waals surface area contributed by atoms with Crippen molar-refractivity contribution >= 4 is 11.8 Å². The summed E-state index contributed by atoms with van der Waals surface area (Å²) in [4.78, 5) is 34.6. The van der Waals surface area contributed by atoms with Crippen LogP contribution in [0.4, 0.5) is 0 Å². The summed E-state index contributed by atoms with van der Waals surface area (Å²) < 4.78 is 0. The predicted molar refractivity (Wildman–Crippen MR) is 128 cm³/mol. The molecule has 1 atom stereocenters. The number of rotatable bonds is 7. The van der Waals surface area contributed by atoms with Gasteiger partial charge in [-0.15, -0.1) is 0 Å². The van der Waals surface area contributed by atoms with E-state index in [1.54, 1.807) is 17.2 Å². The van der Waals surface area contributed by atoms with E-state index < -0.39 is 6.04 Å². The van der Waals surface area contributed by atoms with Gasteiger partial charge >= 0.3 is 0 Å². The van der Waals surface area contributed by atoms with Crippen molar-refractivity contribution < 1.29 is 9.59 Å². The predicted octanol–water partition coefficient (Wildman–Crippen LogP) is 3.90. The van der Waals surface area contributed by atoms with Crippen LogP contribution in [0.1, 0.15) is 54.9 Å². The van der Waals surface area contributed by atoms with Crippen molar-refractivity contribution in [2.75, 3.05) is 19.6 Å². The Labute approximate surface area is 194 Å². The highest BCUT2D eigenvalue weighted by Gasteiger charge is 2.38. The molecule has 3 heterocycles. The molecule has 172 valence electrons. The molecule has 1 saturated heterocycles. The van der Waals surface area contributed by atoms with Crippen LogP contribution in [0.5, 0.6) is 0 Å². The average molecular weight is 446 g/mol. The first-order valence-electron chi connectivity index (χ1n) is 11.6.